The number of rotatable bonds is 7. The highest BCUT2D eigenvalue weighted by Gasteiger charge is 2.07. The van der Waals surface area contributed by atoms with Crippen LogP contribution in [0.2, 0.25) is 0 Å². The van der Waals surface area contributed by atoms with Gasteiger partial charge in [0.25, 0.3) is 0 Å². The predicted octanol–water partition coefficient (Wildman–Crippen LogP) is 4.65. The molecule has 108 valence electrons. The fourth-order valence-corrected chi connectivity index (χ4v) is 3.51. The van der Waals surface area contributed by atoms with Gasteiger partial charge in [0.1, 0.15) is 0 Å². The topological polar surface area (TPSA) is 15.3 Å². The monoisotopic (exact) mass is 352 g/mol. The Balaban J connectivity index is 2.01. The Morgan fingerprint density at radius 1 is 1.25 bits per heavy atom. The van der Waals surface area contributed by atoms with Gasteiger partial charge in [0.2, 0.25) is 0 Å². The maximum atomic E-state index is 3.69. The molecule has 20 heavy (non-hydrogen) atoms. The van der Waals surface area contributed by atoms with Gasteiger partial charge in [-0.3, -0.25) is 0 Å². The second kappa shape index (κ2) is 7.81. The first-order chi connectivity index (χ1) is 9.70. The quantitative estimate of drug-likeness (QED) is 0.729. The van der Waals surface area contributed by atoms with E-state index < -0.39 is 0 Å². The second-order valence-corrected chi connectivity index (χ2v) is 6.58. The molecule has 0 atom stereocenters. The van der Waals surface area contributed by atoms with Crippen LogP contribution in [0.3, 0.4) is 0 Å². The van der Waals surface area contributed by atoms with Gasteiger partial charge in [-0.25, -0.2) is 0 Å². The molecule has 0 aliphatic rings. The third kappa shape index (κ3) is 4.33. The van der Waals surface area contributed by atoms with Crippen molar-refractivity contribution < 1.29 is 0 Å². The molecule has 0 bridgehead atoms. The molecule has 0 radical (unpaired) electrons. The Labute approximate surface area is 133 Å². The molecule has 2 aromatic rings. The van der Waals surface area contributed by atoms with E-state index in [1.807, 2.05) is 0 Å². The van der Waals surface area contributed by atoms with Crippen LogP contribution in [-0.2, 0) is 13.1 Å². The number of thiophene rings is 1. The minimum absolute atomic E-state index is 0.932. The zero-order valence-electron chi connectivity index (χ0n) is 12.0. The van der Waals surface area contributed by atoms with Gasteiger partial charge in [-0.1, -0.05) is 13.0 Å². The highest BCUT2D eigenvalue weighted by Crippen LogP contribution is 2.28. The van der Waals surface area contributed by atoms with Crippen molar-refractivity contribution in [2.75, 3.05) is 18.5 Å². The van der Waals surface area contributed by atoms with Crippen molar-refractivity contribution in [2.24, 2.45) is 0 Å². The van der Waals surface area contributed by atoms with E-state index in [0.717, 1.165) is 24.1 Å². The molecule has 1 aromatic heterocycles. The average Bonchev–Trinajstić information content (AvgIpc) is 2.92. The number of hydrogen-bond donors (Lipinski definition) is 1. The molecule has 0 spiro atoms. The molecule has 0 saturated heterocycles. The Morgan fingerprint density at radius 2 is 2.10 bits per heavy atom. The lowest BCUT2D eigenvalue weighted by Crippen LogP contribution is -2.17. The Bertz CT molecular complexity index is 525. The molecule has 1 aromatic carbocycles. The number of hydrogen-bond acceptors (Lipinski definition) is 3. The molecule has 2 nitrogen and oxygen atoms in total. The van der Waals surface area contributed by atoms with Crippen LogP contribution in [-0.4, -0.2) is 13.6 Å². The number of benzene rings is 1. The second-order valence-electron chi connectivity index (χ2n) is 4.95. The molecule has 0 saturated carbocycles. The van der Waals surface area contributed by atoms with Crippen LogP contribution >= 0.6 is 27.3 Å². The zero-order valence-corrected chi connectivity index (χ0v) is 14.4. The molecule has 1 heterocycles. The van der Waals surface area contributed by atoms with Gasteiger partial charge < -0.3 is 10.2 Å². The van der Waals surface area contributed by atoms with Gasteiger partial charge >= 0.3 is 0 Å². The van der Waals surface area contributed by atoms with Crippen LogP contribution < -0.4 is 10.2 Å². The molecule has 0 unspecified atom stereocenters. The van der Waals surface area contributed by atoms with Crippen molar-refractivity contribution in [3.63, 3.8) is 0 Å². The summed E-state index contributed by atoms with van der Waals surface area (Å²) in [4.78, 5) is 2.27. The lowest BCUT2D eigenvalue weighted by molar-refractivity contribution is 0.675. The normalized spacial score (nSPS) is 10.8. The van der Waals surface area contributed by atoms with Crippen LogP contribution in [0, 0.1) is 0 Å². The van der Waals surface area contributed by atoms with Crippen molar-refractivity contribution in [2.45, 2.75) is 26.4 Å². The molecule has 1 N–H and O–H groups in total. The SMILES string of the molecule is CCCNCc1ccc(N(C)Cc2ccsc2)c(Br)c1. The number of anilines is 1. The van der Waals surface area contributed by atoms with Crippen molar-refractivity contribution in [3.05, 3.63) is 50.6 Å². The summed E-state index contributed by atoms with van der Waals surface area (Å²) in [7, 11) is 2.13. The largest absolute Gasteiger partial charge is 0.369 e. The maximum absolute atomic E-state index is 3.69. The van der Waals surface area contributed by atoms with Crippen molar-refractivity contribution in [1.29, 1.82) is 0 Å². The summed E-state index contributed by atoms with van der Waals surface area (Å²) in [5, 5.41) is 7.76. The van der Waals surface area contributed by atoms with Crippen molar-refractivity contribution in [1.82, 2.24) is 5.32 Å². The van der Waals surface area contributed by atoms with Gasteiger partial charge in [-0.15, -0.1) is 0 Å². The minimum Gasteiger partial charge on any atom is -0.369 e. The summed E-state index contributed by atoms with van der Waals surface area (Å²) in [6.45, 7) is 5.12. The molecule has 0 aliphatic heterocycles. The Kier molecular flexibility index (Phi) is 6.07. The molecular formula is C16H21BrN2S. The molecular weight excluding hydrogens is 332 g/mol. The average molecular weight is 353 g/mol. The van der Waals surface area contributed by atoms with Gasteiger partial charge in [0.15, 0.2) is 0 Å². The van der Waals surface area contributed by atoms with E-state index >= 15 is 0 Å². The summed E-state index contributed by atoms with van der Waals surface area (Å²) < 4.78 is 1.16. The molecule has 0 amide bonds. The molecule has 2 rings (SSSR count). The van der Waals surface area contributed by atoms with E-state index in [2.05, 4.69) is 75.1 Å². The zero-order chi connectivity index (χ0) is 14.4. The highest BCUT2D eigenvalue weighted by molar-refractivity contribution is 9.10. The molecule has 0 fully saturated rings. The first-order valence-electron chi connectivity index (χ1n) is 6.92. The van der Waals surface area contributed by atoms with E-state index in [1.165, 1.54) is 23.2 Å². The summed E-state index contributed by atoms with van der Waals surface area (Å²) in [6, 6.07) is 8.78. The van der Waals surface area contributed by atoms with Crippen LogP contribution in [0.1, 0.15) is 24.5 Å². The van der Waals surface area contributed by atoms with Crippen molar-refractivity contribution in [3.8, 4) is 0 Å². The summed E-state index contributed by atoms with van der Waals surface area (Å²) in [5.41, 5.74) is 3.91. The first-order valence-corrected chi connectivity index (χ1v) is 8.65. The van der Waals surface area contributed by atoms with Gasteiger partial charge in [-0.05, 0) is 69.0 Å². The minimum atomic E-state index is 0.932. The van der Waals surface area contributed by atoms with Gasteiger partial charge in [0, 0.05) is 24.6 Å². The third-order valence-corrected chi connectivity index (χ3v) is 4.55. The summed E-state index contributed by atoms with van der Waals surface area (Å²) in [6.07, 6.45) is 1.17. The van der Waals surface area contributed by atoms with E-state index in [4.69, 9.17) is 0 Å². The number of nitrogens with zero attached hydrogens (tertiary/aromatic N) is 1. The standard InChI is InChI=1S/C16H21BrN2S/c1-3-7-18-10-13-4-5-16(15(17)9-13)19(2)11-14-6-8-20-12-14/h4-6,8-9,12,18H,3,7,10-11H2,1-2H3. The van der Waals surface area contributed by atoms with E-state index in [0.29, 0.717) is 0 Å². The highest BCUT2D eigenvalue weighted by atomic mass is 79.9. The third-order valence-electron chi connectivity index (χ3n) is 3.18. The van der Waals surface area contributed by atoms with Crippen LogP contribution in [0.5, 0.6) is 0 Å². The fourth-order valence-electron chi connectivity index (χ4n) is 2.12. The molecule has 0 aliphatic carbocycles. The summed E-state index contributed by atoms with van der Waals surface area (Å²) in [5.74, 6) is 0. The Morgan fingerprint density at radius 3 is 2.75 bits per heavy atom. The van der Waals surface area contributed by atoms with Gasteiger partial charge in [-0.2, -0.15) is 11.3 Å². The van der Waals surface area contributed by atoms with Gasteiger partial charge in [0.05, 0.1) is 5.69 Å². The van der Waals surface area contributed by atoms with Crippen LogP contribution in [0.15, 0.2) is 39.5 Å². The van der Waals surface area contributed by atoms with Crippen molar-refractivity contribution >= 4 is 33.0 Å². The number of nitrogens with one attached hydrogen (secondary N) is 1. The fraction of sp³-hybridized carbons (Fsp3) is 0.375. The van der Waals surface area contributed by atoms with E-state index in [9.17, 15) is 0 Å². The lowest BCUT2D eigenvalue weighted by Gasteiger charge is -2.21. The molecule has 4 heteroatoms. The first kappa shape index (κ1) is 15.5. The lowest BCUT2D eigenvalue weighted by atomic mass is 10.2. The van der Waals surface area contributed by atoms with E-state index in [-0.39, 0.29) is 0 Å². The predicted molar refractivity (Wildman–Crippen MR) is 92.6 cm³/mol. The van der Waals surface area contributed by atoms with Crippen LogP contribution in [0.4, 0.5) is 5.69 Å². The smallest absolute Gasteiger partial charge is 0.0511 e. The summed E-state index contributed by atoms with van der Waals surface area (Å²) >= 11 is 5.44. The van der Waals surface area contributed by atoms with Crippen LogP contribution in [0.25, 0.3) is 0 Å². The Hall–Kier alpha value is -0.840. The van der Waals surface area contributed by atoms with E-state index in [1.54, 1.807) is 11.3 Å². The number of halogens is 1. The maximum Gasteiger partial charge on any atom is 0.0511 e.